The minimum atomic E-state index is -1.09. The maximum Gasteiger partial charge on any atom is 0.326 e. The van der Waals surface area contributed by atoms with Gasteiger partial charge in [-0.1, -0.05) is 6.07 Å². The number of carbonyl (C=O) groups excluding carboxylic acids is 1. The van der Waals surface area contributed by atoms with E-state index >= 15 is 0 Å². The molecule has 5 N–H and O–H groups in total. The van der Waals surface area contributed by atoms with Crippen molar-refractivity contribution in [3.63, 3.8) is 0 Å². The second kappa shape index (κ2) is 7.52. The van der Waals surface area contributed by atoms with E-state index in [-0.39, 0.29) is 30.9 Å². The first-order valence-electron chi connectivity index (χ1n) is 9.06. The molecular formula is C21H24N2O5. The fourth-order valence-corrected chi connectivity index (χ4v) is 3.84. The van der Waals surface area contributed by atoms with Crippen molar-refractivity contribution >= 4 is 11.9 Å². The number of carboxylic acids is 1. The Kier molecular flexibility index (Phi) is 5.29. The third kappa shape index (κ3) is 3.80. The molecule has 2 aromatic rings. The molecule has 0 saturated carbocycles. The van der Waals surface area contributed by atoms with Crippen LogP contribution >= 0.6 is 0 Å². The van der Waals surface area contributed by atoms with Crippen LogP contribution < -0.4 is 5.73 Å². The standard InChI is InChI=1S/C21H24N2O5/c1-11-5-16(25)6-12(2)17(11)9-18(22)20(26)23-10-14-7-15(24)4-3-13(14)8-19(23)21(27)28/h3-7,18-19,24-25H,8-10,22H2,1-2H3,(H,27,28)/t18-,19+/m1/s1. The van der Waals surface area contributed by atoms with Crippen molar-refractivity contribution in [2.75, 3.05) is 0 Å². The van der Waals surface area contributed by atoms with Crippen LogP contribution in [0.5, 0.6) is 11.5 Å². The van der Waals surface area contributed by atoms with Crippen LogP contribution in [0.15, 0.2) is 30.3 Å². The Bertz CT molecular complexity index is 917. The molecular weight excluding hydrogens is 360 g/mol. The van der Waals surface area contributed by atoms with Crippen molar-refractivity contribution in [3.8, 4) is 11.5 Å². The first-order chi connectivity index (χ1) is 13.2. The van der Waals surface area contributed by atoms with Gasteiger partial charge in [-0.25, -0.2) is 4.79 Å². The van der Waals surface area contributed by atoms with Crippen LogP contribution in [-0.4, -0.2) is 44.2 Å². The number of carbonyl (C=O) groups is 2. The van der Waals surface area contributed by atoms with Crippen LogP contribution in [0.2, 0.25) is 0 Å². The van der Waals surface area contributed by atoms with E-state index in [0.717, 1.165) is 27.8 Å². The highest BCUT2D eigenvalue weighted by Gasteiger charge is 2.36. The van der Waals surface area contributed by atoms with Crippen molar-refractivity contribution in [1.82, 2.24) is 4.90 Å². The highest BCUT2D eigenvalue weighted by atomic mass is 16.4. The summed E-state index contributed by atoms with van der Waals surface area (Å²) in [4.78, 5) is 26.1. The van der Waals surface area contributed by atoms with Crippen molar-refractivity contribution in [1.29, 1.82) is 0 Å². The van der Waals surface area contributed by atoms with E-state index in [1.165, 1.54) is 11.0 Å². The van der Waals surface area contributed by atoms with Gasteiger partial charge in [0.25, 0.3) is 0 Å². The van der Waals surface area contributed by atoms with E-state index in [4.69, 9.17) is 5.73 Å². The van der Waals surface area contributed by atoms with Gasteiger partial charge in [0.2, 0.25) is 5.91 Å². The van der Waals surface area contributed by atoms with Crippen molar-refractivity contribution in [2.24, 2.45) is 5.73 Å². The molecule has 0 fully saturated rings. The van der Waals surface area contributed by atoms with Crippen LogP contribution in [0, 0.1) is 13.8 Å². The summed E-state index contributed by atoms with van der Waals surface area (Å²) < 4.78 is 0. The maximum atomic E-state index is 13.0. The number of amides is 1. The third-order valence-electron chi connectivity index (χ3n) is 5.31. The molecule has 148 valence electrons. The summed E-state index contributed by atoms with van der Waals surface area (Å²) in [7, 11) is 0. The number of nitrogens with zero attached hydrogens (tertiary/aromatic N) is 1. The number of rotatable bonds is 4. The van der Waals surface area contributed by atoms with Crippen molar-refractivity contribution in [3.05, 3.63) is 58.1 Å². The van der Waals surface area contributed by atoms with E-state index in [1.807, 2.05) is 13.8 Å². The van der Waals surface area contributed by atoms with E-state index in [1.54, 1.807) is 24.3 Å². The molecule has 0 radical (unpaired) electrons. The number of fused-ring (bicyclic) bond motifs is 1. The summed E-state index contributed by atoms with van der Waals surface area (Å²) in [5.41, 5.74) is 10.2. The summed E-state index contributed by atoms with van der Waals surface area (Å²) in [6.07, 6.45) is 0.410. The number of phenols is 2. The Labute approximate surface area is 163 Å². The largest absolute Gasteiger partial charge is 0.508 e. The lowest BCUT2D eigenvalue weighted by Gasteiger charge is -2.36. The van der Waals surface area contributed by atoms with E-state index in [0.29, 0.717) is 0 Å². The number of carboxylic acid groups (broad SMARTS) is 1. The van der Waals surface area contributed by atoms with Gasteiger partial charge in [0.05, 0.1) is 6.04 Å². The number of nitrogens with two attached hydrogens (primary N) is 1. The van der Waals surface area contributed by atoms with Crippen LogP contribution in [0.25, 0.3) is 0 Å². The Morgan fingerprint density at radius 1 is 1.11 bits per heavy atom. The Hall–Kier alpha value is -3.06. The second-order valence-corrected chi connectivity index (χ2v) is 7.35. The zero-order valence-corrected chi connectivity index (χ0v) is 15.8. The number of hydrogen-bond acceptors (Lipinski definition) is 5. The first-order valence-corrected chi connectivity index (χ1v) is 9.06. The van der Waals surface area contributed by atoms with Gasteiger partial charge in [-0.3, -0.25) is 4.79 Å². The van der Waals surface area contributed by atoms with Crippen LogP contribution in [0.1, 0.15) is 27.8 Å². The van der Waals surface area contributed by atoms with E-state index in [2.05, 4.69) is 0 Å². The van der Waals surface area contributed by atoms with Gasteiger partial charge < -0.3 is 26.0 Å². The van der Waals surface area contributed by atoms with E-state index in [9.17, 15) is 24.9 Å². The highest BCUT2D eigenvalue weighted by molar-refractivity contribution is 5.88. The third-order valence-corrected chi connectivity index (χ3v) is 5.31. The fraction of sp³-hybridized carbons (Fsp3) is 0.333. The van der Waals surface area contributed by atoms with Gasteiger partial charge in [0.1, 0.15) is 17.5 Å². The van der Waals surface area contributed by atoms with Crippen LogP contribution in [0.3, 0.4) is 0 Å². The zero-order chi connectivity index (χ0) is 20.6. The van der Waals surface area contributed by atoms with Crippen LogP contribution in [-0.2, 0) is 29.0 Å². The SMILES string of the molecule is Cc1cc(O)cc(C)c1C[C@@H](N)C(=O)N1Cc2cc(O)ccc2C[C@H]1C(=O)O. The number of aryl methyl sites for hydroxylation is 2. The van der Waals surface area contributed by atoms with Gasteiger partial charge in [0, 0.05) is 13.0 Å². The summed E-state index contributed by atoms with van der Waals surface area (Å²) in [5, 5.41) is 29.0. The molecule has 7 heteroatoms. The predicted molar refractivity (Wildman–Crippen MR) is 103 cm³/mol. The molecule has 1 heterocycles. The summed E-state index contributed by atoms with van der Waals surface area (Å²) in [6.45, 7) is 3.75. The topological polar surface area (TPSA) is 124 Å². The molecule has 7 nitrogen and oxygen atoms in total. The molecule has 0 spiro atoms. The average Bonchev–Trinajstić information content (AvgIpc) is 2.62. The lowest BCUT2D eigenvalue weighted by molar-refractivity contribution is -0.152. The smallest absolute Gasteiger partial charge is 0.326 e. The predicted octanol–water partition coefficient (Wildman–Crippen LogP) is 1.62. The van der Waals surface area contributed by atoms with Crippen LogP contribution in [0.4, 0.5) is 0 Å². The normalized spacial score (nSPS) is 17.1. The molecule has 0 aliphatic carbocycles. The van der Waals surface area contributed by atoms with Crippen molar-refractivity contribution in [2.45, 2.75) is 45.3 Å². The lowest BCUT2D eigenvalue weighted by Crippen LogP contribution is -2.54. The van der Waals surface area contributed by atoms with Gasteiger partial charge in [-0.05, 0) is 72.4 Å². The minimum absolute atomic E-state index is 0.0690. The minimum Gasteiger partial charge on any atom is -0.508 e. The number of aliphatic carboxylic acids is 1. The quantitative estimate of drug-likeness (QED) is 0.635. The summed E-state index contributed by atoms with van der Waals surface area (Å²) in [5.74, 6) is -1.32. The molecule has 0 unspecified atom stereocenters. The average molecular weight is 384 g/mol. The zero-order valence-electron chi connectivity index (χ0n) is 15.8. The molecule has 1 aliphatic rings. The van der Waals surface area contributed by atoms with Crippen molar-refractivity contribution < 1.29 is 24.9 Å². The number of hydrogen-bond donors (Lipinski definition) is 4. The molecule has 2 atom stereocenters. The second-order valence-electron chi connectivity index (χ2n) is 7.35. The number of phenolic OH excluding ortho intramolecular Hbond substituents is 2. The number of aromatic hydroxyl groups is 2. The molecule has 0 aromatic heterocycles. The molecule has 2 aromatic carbocycles. The molecule has 0 bridgehead atoms. The van der Waals surface area contributed by atoms with Gasteiger partial charge >= 0.3 is 5.97 Å². The summed E-state index contributed by atoms with van der Waals surface area (Å²) in [6, 6.07) is 6.05. The molecule has 28 heavy (non-hydrogen) atoms. The Balaban J connectivity index is 1.86. The van der Waals surface area contributed by atoms with Gasteiger partial charge in [-0.2, -0.15) is 0 Å². The monoisotopic (exact) mass is 384 g/mol. The molecule has 1 aliphatic heterocycles. The lowest BCUT2D eigenvalue weighted by atomic mass is 9.91. The van der Waals surface area contributed by atoms with E-state index < -0.39 is 24.0 Å². The Morgan fingerprint density at radius 2 is 1.75 bits per heavy atom. The summed E-state index contributed by atoms with van der Waals surface area (Å²) >= 11 is 0. The van der Waals surface area contributed by atoms with Gasteiger partial charge in [0.15, 0.2) is 0 Å². The Morgan fingerprint density at radius 3 is 2.36 bits per heavy atom. The fourth-order valence-electron chi connectivity index (χ4n) is 3.84. The molecule has 1 amide bonds. The molecule has 3 rings (SSSR count). The molecule has 0 saturated heterocycles. The maximum absolute atomic E-state index is 13.0. The number of benzene rings is 2. The van der Waals surface area contributed by atoms with Gasteiger partial charge in [-0.15, -0.1) is 0 Å². The first kappa shape index (κ1) is 19.7. The highest BCUT2D eigenvalue weighted by Crippen LogP contribution is 2.28.